The molecule has 0 atom stereocenters. The highest BCUT2D eigenvalue weighted by molar-refractivity contribution is 5.34. The molecule has 21 heavy (non-hydrogen) atoms. The fraction of sp³-hybridized carbons (Fsp3) is 0.333. The Kier molecular flexibility index (Phi) is 6.08. The first-order valence-corrected chi connectivity index (χ1v) is 6.70. The molecule has 0 radical (unpaired) electrons. The maximum atomic E-state index is 9.24. The zero-order chi connectivity index (χ0) is 14.9. The summed E-state index contributed by atoms with van der Waals surface area (Å²) in [6.07, 6.45) is 3.42. The molecule has 0 unspecified atom stereocenters. The zero-order valence-corrected chi connectivity index (χ0v) is 12.0. The van der Waals surface area contributed by atoms with Gasteiger partial charge in [-0.15, -0.1) is 0 Å². The number of nitrogens with zero attached hydrogens (tertiary/aromatic N) is 2. The standard InChI is InChI=1S/C15H19N3O3/c1-20-7-6-16-8-12-9-17-15(18-10-12)21-14-5-3-2-4-13(14)11-19/h2-5,9-10,16,19H,6-8,11H2,1H3. The first-order chi connectivity index (χ1) is 10.3. The number of para-hydroxylation sites is 1. The van der Waals surface area contributed by atoms with Gasteiger partial charge in [0.2, 0.25) is 0 Å². The van der Waals surface area contributed by atoms with E-state index in [4.69, 9.17) is 9.47 Å². The van der Waals surface area contributed by atoms with Crippen LogP contribution < -0.4 is 10.1 Å². The molecule has 0 spiro atoms. The van der Waals surface area contributed by atoms with E-state index in [2.05, 4.69) is 15.3 Å². The summed E-state index contributed by atoms with van der Waals surface area (Å²) >= 11 is 0. The van der Waals surface area contributed by atoms with Crippen LogP contribution in [0.2, 0.25) is 0 Å². The van der Waals surface area contributed by atoms with Crippen molar-refractivity contribution in [1.29, 1.82) is 0 Å². The highest BCUT2D eigenvalue weighted by atomic mass is 16.5. The van der Waals surface area contributed by atoms with Gasteiger partial charge in [0.15, 0.2) is 0 Å². The molecule has 2 aromatic rings. The normalized spacial score (nSPS) is 10.6. The number of aliphatic hydroxyl groups excluding tert-OH is 1. The molecule has 0 aliphatic carbocycles. The molecule has 1 aromatic heterocycles. The predicted molar refractivity (Wildman–Crippen MR) is 78.1 cm³/mol. The van der Waals surface area contributed by atoms with E-state index in [9.17, 15) is 5.11 Å². The van der Waals surface area contributed by atoms with Crippen molar-refractivity contribution < 1.29 is 14.6 Å². The Hall–Kier alpha value is -2.02. The van der Waals surface area contributed by atoms with E-state index in [0.29, 0.717) is 24.5 Å². The van der Waals surface area contributed by atoms with Crippen molar-refractivity contribution in [1.82, 2.24) is 15.3 Å². The summed E-state index contributed by atoms with van der Waals surface area (Å²) in [4.78, 5) is 8.32. The number of ether oxygens (including phenoxy) is 2. The third kappa shape index (κ3) is 4.78. The molecule has 0 saturated heterocycles. The second-order valence-corrected chi connectivity index (χ2v) is 4.41. The molecule has 0 aliphatic heterocycles. The van der Waals surface area contributed by atoms with Gasteiger partial charge in [-0.25, -0.2) is 9.97 Å². The summed E-state index contributed by atoms with van der Waals surface area (Å²) in [5.74, 6) is 0.561. The fourth-order valence-electron chi connectivity index (χ4n) is 1.73. The monoisotopic (exact) mass is 289 g/mol. The van der Waals surface area contributed by atoms with Crippen LogP contribution in [-0.2, 0) is 17.9 Å². The number of nitrogens with one attached hydrogen (secondary N) is 1. The number of methoxy groups -OCH3 is 1. The van der Waals surface area contributed by atoms with Gasteiger partial charge in [-0.1, -0.05) is 18.2 Å². The highest BCUT2D eigenvalue weighted by Crippen LogP contribution is 2.22. The Labute approximate surface area is 123 Å². The molecule has 0 fully saturated rings. The van der Waals surface area contributed by atoms with Gasteiger partial charge in [0.25, 0.3) is 0 Å². The zero-order valence-electron chi connectivity index (χ0n) is 12.0. The lowest BCUT2D eigenvalue weighted by atomic mass is 10.2. The Bertz CT molecular complexity index is 546. The van der Waals surface area contributed by atoms with Gasteiger partial charge in [0, 0.05) is 43.7 Å². The third-order valence-corrected chi connectivity index (χ3v) is 2.84. The molecule has 6 heteroatoms. The predicted octanol–water partition coefficient (Wildman–Crippen LogP) is 1.50. The molecule has 0 amide bonds. The highest BCUT2D eigenvalue weighted by Gasteiger charge is 2.05. The van der Waals surface area contributed by atoms with Crippen LogP contribution in [0.1, 0.15) is 11.1 Å². The van der Waals surface area contributed by atoms with Crippen molar-refractivity contribution >= 4 is 0 Å². The largest absolute Gasteiger partial charge is 0.424 e. The summed E-state index contributed by atoms with van der Waals surface area (Å²) in [7, 11) is 1.67. The minimum Gasteiger partial charge on any atom is -0.424 e. The molecule has 112 valence electrons. The molecule has 1 aromatic carbocycles. The van der Waals surface area contributed by atoms with E-state index >= 15 is 0 Å². The number of aliphatic hydroxyl groups is 1. The van der Waals surface area contributed by atoms with Gasteiger partial charge >= 0.3 is 6.01 Å². The summed E-state index contributed by atoms with van der Waals surface area (Å²) in [6, 6.07) is 7.51. The van der Waals surface area contributed by atoms with Gasteiger partial charge in [0.05, 0.1) is 13.2 Å². The Morgan fingerprint density at radius 3 is 2.67 bits per heavy atom. The molecule has 0 aliphatic rings. The second-order valence-electron chi connectivity index (χ2n) is 4.41. The minimum atomic E-state index is -0.0856. The van der Waals surface area contributed by atoms with Crippen LogP contribution in [0.25, 0.3) is 0 Å². The lowest BCUT2D eigenvalue weighted by molar-refractivity contribution is 0.199. The van der Waals surface area contributed by atoms with Crippen molar-refractivity contribution in [2.45, 2.75) is 13.2 Å². The molecular weight excluding hydrogens is 270 g/mol. The molecule has 2 rings (SSSR count). The molecule has 6 nitrogen and oxygen atoms in total. The van der Waals surface area contributed by atoms with Gasteiger partial charge in [-0.05, 0) is 6.07 Å². The van der Waals surface area contributed by atoms with E-state index in [1.165, 1.54) is 0 Å². The van der Waals surface area contributed by atoms with E-state index in [-0.39, 0.29) is 12.6 Å². The minimum absolute atomic E-state index is 0.0856. The topological polar surface area (TPSA) is 76.5 Å². The van der Waals surface area contributed by atoms with Gasteiger partial charge in [-0.2, -0.15) is 0 Å². The van der Waals surface area contributed by atoms with Crippen LogP contribution in [0.15, 0.2) is 36.7 Å². The van der Waals surface area contributed by atoms with Gasteiger partial charge in [0.1, 0.15) is 5.75 Å². The van der Waals surface area contributed by atoms with Crippen molar-refractivity contribution in [3.8, 4) is 11.8 Å². The number of aromatic nitrogens is 2. The van der Waals surface area contributed by atoms with E-state index in [0.717, 1.165) is 12.1 Å². The van der Waals surface area contributed by atoms with E-state index < -0.39 is 0 Å². The van der Waals surface area contributed by atoms with Gasteiger partial charge < -0.3 is 19.9 Å². The first-order valence-electron chi connectivity index (χ1n) is 6.70. The molecule has 0 saturated carbocycles. The van der Waals surface area contributed by atoms with Crippen molar-refractivity contribution in [3.05, 3.63) is 47.8 Å². The molecule has 2 N–H and O–H groups in total. The average Bonchev–Trinajstić information content (AvgIpc) is 2.54. The summed E-state index contributed by atoms with van der Waals surface area (Å²) in [5.41, 5.74) is 1.67. The number of hydrogen-bond acceptors (Lipinski definition) is 6. The van der Waals surface area contributed by atoms with Crippen LogP contribution in [0.4, 0.5) is 0 Å². The molecular formula is C15H19N3O3. The Morgan fingerprint density at radius 2 is 1.95 bits per heavy atom. The summed E-state index contributed by atoms with van der Waals surface area (Å²) in [5, 5.41) is 12.5. The van der Waals surface area contributed by atoms with Crippen molar-refractivity contribution in [3.63, 3.8) is 0 Å². The van der Waals surface area contributed by atoms with E-state index in [1.807, 2.05) is 12.1 Å². The number of rotatable bonds is 8. The van der Waals surface area contributed by atoms with Crippen LogP contribution in [-0.4, -0.2) is 35.3 Å². The maximum absolute atomic E-state index is 9.24. The Balaban J connectivity index is 1.93. The number of benzene rings is 1. The number of hydrogen-bond donors (Lipinski definition) is 2. The lowest BCUT2D eigenvalue weighted by Crippen LogP contribution is -2.18. The second kappa shape index (κ2) is 8.31. The van der Waals surface area contributed by atoms with Crippen LogP contribution >= 0.6 is 0 Å². The SMILES string of the molecule is COCCNCc1cnc(Oc2ccccc2CO)nc1. The third-order valence-electron chi connectivity index (χ3n) is 2.84. The fourth-order valence-corrected chi connectivity index (χ4v) is 1.73. The molecule has 1 heterocycles. The van der Waals surface area contributed by atoms with Gasteiger partial charge in [-0.3, -0.25) is 0 Å². The van der Waals surface area contributed by atoms with Crippen molar-refractivity contribution in [2.24, 2.45) is 0 Å². The lowest BCUT2D eigenvalue weighted by Gasteiger charge is -2.08. The van der Waals surface area contributed by atoms with E-state index in [1.54, 1.807) is 31.6 Å². The van der Waals surface area contributed by atoms with Crippen LogP contribution in [0, 0.1) is 0 Å². The quantitative estimate of drug-likeness (QED) is 0.717. The van der Waals surface area contributed by atoms with Crippen molar-refractivity contribution in [2.75, 3.05) is 20.3 Å². The van der Waals surface area contributed by atoms with Crippen LogP contribution in [0.5, 0.6) is 11.8 Å². The summed E-state index contributed by atoms with van der Waals surface area (Å²) in [6.45, 7) is 2.03. The average molecular weight is 289 g/mol. The Morgan fingerprint density at radius 1 is 1.19 bits per heavy atom. The first kappa shape index (κ1) is 15.4. The molecule has 0 bridgehead atoms. The summed E-state index contributed by atoms with van der Waals surface area (Å²) < 4.78 is 10.5. The smallest absolute Gasteiger partial charge is 0.321 e. The van der Waals surface area contributed by atoms with Crippen LogP contribution in [0.3, 0.4) is 0 Å². The maximum Gasteiger partial charge on any atom is 0.321 e.